The summed E-state index contributed by atoms with van der Waals surface area (Å²) in [6, 6.07) is 0. The highest BCUT2D eigenvalue weighted by Crippen LogP contribution is 2.26. The summed E-state index contributed by atoms with van der Waals surface area (Å²) in [5.41, 5.74) is 0. The van der Waals surface area contributed by atoms with Crippen molar-refractivity contribution in [1.82, 2.24) is 0 Å². The minimum atomic E-state index is -0.461. The van der Waals surface area contributed by atoms with E-state index < -0.39 is 6.10 Å². The van der Waals surface area contributed by atoms with E-state index in [1.54, 1.807) is 21.3 Å². The molecule has 1 aliphatic rings. The molecule has 4 atom stereocenters. The van der Waals surface area contributed by atoms with E-state index in [4.69, 9.17) is 23.7 Å². The molecule has 6 nitrogen and oxygen atoms in total. The highest BCUT2D eigenvalue weighted by Gasteiger charge is 2.47. The van der Waals surface area contributed by atoms with Crippen LogP contribution in [0.2, 0.25) is 0 Å². The third-order valence-electron chi connectivity index (χ3n) is 2.64. The Morgan fingerprint density at radius 3 is 2.00 bits per heavy atom. The van der Waals surface area contributed by atoms with Gasteiger partial charge in [0.05, 0.1) is 13.2 Å². The van der Waals surface area contributed by atoms with Gasteiger partial charge in [0.25, 0.3) is 0 Å². The molecule has 0 radical (unpaired) electrons. The van der Waals surface area contributed by atoms with Crippen molar-refractivity contribution in [3.63, 3.8) is 0 Å². The van der Waals surface area contributed by atoms with Gasteiger partial charge < -0.3 is 23.7 Å². The number of rotatable bonds is 6. The maximum atomic E-state index is 11.1. The summed E-state index contributed by atoms with van der Waals surface area (Å²) in [5, 5.41) is 0. The summed E-state index contributed by atoms with van der Waals surface area (Å²) in [6.07, 6.45) is -1.37. The first-order valence-corrected chi connectivity index (χ1v) is 5.47. The van der Waals surface area contributed by atoms with Crippen LogP contribution in [0, 0.1) is 0 Å². The molecule has 1 aliphatic heterocycles. The van der Waals surface area contributed by atoms with Crippen molar-refractivity contribution in [2.75, 3.05) is 34.5 Å². The van der Waals surface area contributed by atoms with Crippen molar-refractivity contribution in [1.29, 1.82) is 0 Å². The summed E-state index contributed by atoms with van der Waals surface area (Å²) < 4.78 is 26.4. The molecule has 0 aromatic carbocycles. The normalized spacial score (nSPS) is 32.7. The van der Waals surface area contributed by atoms with E-state index in [9.17, 15) is 4.79 Å². The SMILES string of the molecule is COC[C@H]1O[C@H](COC)[C@@H](OC(C)=O)[C@@H]1OC. The molecule has 1 saturated heterocycles. The Bertz CT molecular complexity index is 244. The van der Waals surface area contributed by atoms with Crippen LogP contribution in [0.5, 0.6) is 0 Å². The molecule has 6 heteroatoms. The van der Waals surface area contributed by atoms with Crippen molar-refractivity contribution in [2.45, 2.75) is 31.3 Å². The van der Waals surface area contributed by atoms with Gasteiger partial charge in [-0.15, -0.1) is 0 Å². The largest absolute Gasteiger partial charge is 0.457 e. The van der Waals surface area contributed by atoms with E-state index in [-0.39, 0.29) is 24.3 Å². The average molecular weight is 248 g/mol. The molecule has 0 amide bonds. The fourth-order valence-electron chi connectivity index (χ4n) is 2.02. The molecule has 17 heavy (non-hydrogen) atoms. The third-order valence-corrected chi connectivity index (χ3v) is 2.64. The van der Waals surface area contributed by atoms with Crippen molar-refractivity contribution in [2.24, 2.45) is 0 Å². The molecule has 1 rings (SSSR count). The minimum absolute atomic E-state index is 0.255. The van der Waals surface area contributed by atoms with Gasteiger partial charge in [0.1, 0.15) is 18.3 Å². The molecule has 0 aromatic heterocycles. The average Bonchev–Trinajstić information content (AvgIpc) is 2.57. The standard InChI is InChI=1S/C11H20O6/c1-7(12)16-11-9(6-14-3)17-8(5-13-2)10(11)15-4/h8-11H,5-6H2,1-4H3/t8-,9-,10-,11-/m1/s1. The van der Waals surface area contributed by atoms with Crippen molar-refractivity contribution >= 4 is 5.97 Å². The number of ether oxygens (including phenoxy) is 5. The molecular formula is C11H20O6. The second kappa shape index (κ2) is 6.90. The zero-order valence-electron chi connectivity index (χ0n) is 10.7. The van der Waals surface area contributed by atoms with Crippen molar-refractivity contribution in [3.05, 3.63) is 0 Å². The van der Waals surface area contributed by atoms with Gasteiger partial charge in [0.15, 0.2) is 6.10 Å². The van der Waals surface area contributed by atoms with Crippen LogP contribution in [0.15, 0.2) is 0 Å². The Labute approximate surface area is 101 Å². The van der Waals surface area contributed by atoms with Gasteiger partial charge in [-0.05, 0) is 0 Å². The van der Waals surface area contributed by atoms with E-state index in [1.807, 2.05) is 0 Å². The topological polar surface area (TPSA) is 63.2 Å². The zero-order valence-corrected chi connectivity index (χ0v) is 10.7. The van der Waals surface area contributed by atoms with Gasteiger partial charge in [0.2, 0.25) is 0 Å². The molecule has 0 N–H and O–H groups in total. The Morgan fingerprint density at radius 1 is 1.06 bits per heavy atom. The Morgan fingerprint density at radius 2 is 1.59 bits per heavy atom. The summed E-state index contributed by atoms with van der Waals surface area (Å²) in [7, 11) is 4.71. The van der Waals surface area contributed by atoms with Crippen LogP contribution in [-0.4, -0.2) is 64.9 Å². The molecule has 0 unspecified atom stereocenters. The monoisotopic (exact) mass is 248 g/mol. The number of carbonyl (C=O) groups excluding carboxylic acids is 1. The van der Waals surface area contributed by atoms with E-state index >= 15 is 0 Å². The number of carbonyl (C=O) groups is 1. The number of hydrogen-bond donors (Lipinski definition) is 0. The second-order valence-corrected chi connectivity index (χ2v) is 3.90. The summed E-state index contributed by atoms with van der Waals surface area (Å²) in [4.78, 5) is 11.1. The number of esters is 1. The lowest BCUT2D eigenvalue weighted by Crippen LogP contribution is -2.40. The molecule has 1 fully saturated rings. The lowest BCUT2D eigenvalue weighted by molar-refractivity contribution is -0.155. The summed E-state index contributed by atoms with van der Waals surface area (Å²) in [5.74, 6) is -0.361. The molecule has 0 bridgehead atoms. The van der Waals surface area contributed by atoms with Crippen LogP contribution in [0.3, 0.4) is 0 Å². The summed E-state index contributed by atoms with van der Waals surface area (Å²) in [6.45, 7) is 2.09. The summed E-state index contributed by atoms with van der Waals surface area (Å²) >= 11 is 0. The van der Waals surface area contributed by atoms with Crippen LogP contribution in [-0.2, 0) is 28.5 Å². The van der Waals surface area contributed by atoms with Crippen LogP contribution in [0.25, 0.3) is 0 Å². The Kier molecular flexibility index (Phi) is 5.84. The second-order valence-electron chi connectivity index (χ2n) is 3.90. The number of methoxy groups -OCH3 is 3. The first kappa shape index (κ1) is 14.4. The fourth-order valence-corrected chi connectivity index (χ4v) is 2.02. The van der Waals surface area contributed by atoms with E-state index in [1.165, 1.54) is 6.92 Å². The predicted molar refractivity (Wildman–Crippen MR) is 58.8 cm³/mol. The van der Waals surface area contributed by atoms with Crippen molar-refractivity contribution < 1.29 is 28.5 Å². The third kappa shape index (κ3) is 3.64. The highest BCUT2D eigenvalue weighted by atomic mass is 16.6. The van der Waals surface area contributed by atoms with E-state index in [0.717, 1.165) is 0 Å². The Balaban J connectivity index is 2.73. The van der Waals surface area contributed by atoms with Gasteiger partial charge >= 0.3 is 5.97 Å². The molecule has 0 saturated carbocycles. The molecule has 1 heterocycles. The van der Waals surface area contributed by atoms with Crippen LogP contribution < -0.4 is 0 Å². The van der Waals surface area contributed by atoms with Gasteiger partial charge in [0, 0.05) is 28.3 Å². The van der Waals surface area contributed by atoms with Gasteiger partial charge in [-0.2, -0.15) is 0 Å². The maximum Gasteiger partial charge on any atom is 0.303 e. The maximum absolute atomic E-state index is 11.1. The van der Waals surface area contributed by atoms with Gasteiger partial charge in [-0.1, -0.05) is 0 Å². The first-order valence-electron chi connectivity index (χ1n) is 5.47. The Hall–Kier alpha value is -0.690. The van der Waals surface area contributed by atoms with Crippen LogP contribution >= 0.6 is 0 Å². The molecule has 100 valence electrons. The molecule has 0 aliphatic carbocycles. The zero-order chi connectivity index (χ0) is 12.8. The molecular weight excluding hydrogens is 228 g/mol. The minimum Gasteiger partial charge on any atom is -0.457 e. The smallest absolute Gasteiger partial charge is 0.303 e. The molecule has 0 spiro atoms. The van der Waals surface area contributed by atoms with E-state index in [0.29, 0.717) is 13.2 Å². The van der Waals surface area contributed by atoms with E-state index in [2.05, 4.69) is 0 Å². The van der Waals surface area contributed by atoms with Crippen molar-refractivity contribution in [3.8, 4) is 0 Å². The fraction of sp³-hybridized carbons (Fsp3) is 0.909. The number of hydrogen-bond acceptors (Lipinski definition) is 6. The lowest BCUT2D eigenvalue weighted by Gasteiger charge is -2.22. The molecule has 0 aromatic rings. The van der Waals surface area contributed by atoms with Crippen LogP contribution in [0.1, 0.15) is 6.92 Å². The quantitative estimate of drug-likeness (QED) is 0.616. The van der Waals surface area contributed by atoms with Crippen LogP contribution in [0.4, 0.5) is 0 Å². The lowest BCUT2D eigenvalue weighted by atomic mass is 10.1. The van der Waals surface area contributed by atoms with Gasteiger partial charge in [-0.3, -0.25) is 4.79 Å². The predicted octanol–water partition coefficient (Wildman–Crippen LogP) is -0.00670. The first-order chi connectivity index (χ1) is 8.13. The highest BCUT2D eigenvalue weighted by molar-refractivity contribution is 5.66. The van der Waals surface area contributed by atoms with Gasteiger partial charge in [-0.25, -0.2) is 0 Å².